The van der Waals surface area contributed by atoms with E-state index in [1.807, 2.05) is 0 Å². The SMILES string of the molecule is c1ccc(P(c2ccccc2)[PH+]2C3CCCC2CCC3)cc1. The number of fused-ring (bicyclic) bond motifs is 2. The summed E-state index contributed by atoms with van der Waals surface area (Å²) in [4.78, 5) is 0. The zero-order valence-corrected chi connectivity index (χ0v) is 15.0. The summed E-state index contributed by atoms with van der Waals surface area (Å²) in [5.41, 5.74) is 2.15. The van der Waals surface area contributed by atoms with Gasteiger partial charge in [-0.15, -0.1) is 0 Å². The Kier molecular flexibility index (Phi) is 4.61. The molecule has 2 aromatic carbocycles. The van der Waals surface area contributed by atoms with Gasteiger partial charge in [-0.2, -0.15) is 0 Å². The van der Waals surface area contributed by atoms with Gasteiger partial charge in [0.05, 0.1) is 11.3 Å². The van der Waals surface area contributed by atoms with E-state index in [1.54, 1.807) is 10.6 Å². The van der Waals surface area contributed by atoms with Crippen molar-refractivity contribution in [1.82, 2.24) is 0 Å². The van der Waals surface area contributed by atoms with Crippen LogP contribution in [0.3, 0.4) is 0 Å². The Morgan fingerprint density at radius 2 is 1.05 bits per heavy atom. The van der Waals surface area contributed by atoms with Crippen molar-refractivity contribution in [2.24, 2.45) is 0 Å². The standard InChI is InChI=1S/C20H24P2/c1-3-9-17(10-4-1)21(18-11-5-2-6-12-18)22-19-13-7-14-20(22)16-8-15-19/h1-6,9-12,19-20H,7-8,13-16H2/p+1. The van der Waals surface area contributed by atoms with Gasteiger partial charge >= 0.3 is 0 Å². The molecule has 2 heterocycles. The molecule has 2 aliphatic heterocycles. The van der Waals surface area contributed by atoms with Crippen molar-refractivity contribution < 1.29 is 0 Å². The van der Waals surface area contributed by atoms with Crippen LogP contribution in [0.2, 0.25) is 0 Å². The molecule has 0 spiro atoms. The molecule has 114 valence electrons. The third kappa shape index (κ3) is 2.89. The van der Waals surface area contributed by atoms with Gasteiger partial charge in [-0.1, -0.05) is 60.7 Å². The molecule has 0 radical (unpaired) electrons. The lowest BCUT2D eigenvalue weighted by Gasteiger charge is -2.40. The van der Waals surface area contributed by atoms with Crippen molar-refractivity contribution >= 4 is 25.8 Å². The minimum Gasteiger partial charge on any atom is -0.0622 e. The van der Waals surface area contributed by atoms with Crippen LogP contribution >= 0.6 is 15.2 Å². The Morgan fingerprint density at radius 3 is 1.45 bits per heavy atom. The van der Waals surface area contributed by atoms with Gasteiger partial charge < -0.3 is 0 Å². The molecule has 0 aliphatic carbocycles. The van der Waals surface area contributed by atoms with Crippen LogP contribution < -0.4 is 10.6 Å². The predicted octanol–water partition coefficient (Wildman–Crippen LogP) is 5.35. The van der Waals surface area contributed by atoms with Crippen LogP contribution in [0.1, 0.15) is 38.5 Å². The summed E-state index contributed by atoms with van der Waals surface area (Å²) in [7, 11) is -0.407. The van der Waals surface area contributed by atoms with Crippen molar-refractivity contribution in [1.29, 1.82) is 0 Å². The minimum atomic E-state index is -0.306. The molecule has 22 heavy (non-hydrogen) atoms. The smallest absolute Gasteiger partial charge is 0.0622 e. The number of benzene rings is 2. The van der Waals surface area contributed by atoms with Crippen molar-refractivity contribution in [2.75, 3.05) is 0 Å². The van der Waals surface area contributed by atoms with Gasteiger partial charge in [0.15, 0.2) is 0 Å². The first kappa shape index (κ1) is 14.9. The molecule has 0 N–H and O–H groups in total. The molecule has 2 aliphatic rings. The zero-order chi connectivity index (χ0) is 14.8. The van der Waals surface area contributed by atoms with Gasteiger partial charge in [0.2, 0.25) is 0 Å². The molecule has 0 unspecified atom stereocenters. The van der Waals surface area contributed by atoms with E-state index in [9.17, 15) is 0 Å². The van der Waals surface area contributed by atoms with Crippen molar-refractivity contribution in [3.63, 3.8) is 0 Å². The van der Waals surface area contributed by atoms with Crippen LogP contribution in [0.5, 0.6) is 0 Å². The normalized spacial score (nSPS) is 27.8. The molecule has 2 aromatic rings. The molecule has 4 rings (SSSR count). The highest BCUT2D eigenvalue weighted by atomic mass is 32.1. The second-order valence-electron chi connectivity index (χ2n) is 6.69. The molecule has 0 nitrogen and oxygen atoms in total. The lowest BCUT2D eigenvalue weighted by atomic mass is 9.99. The summed E-state index contributed by atoms with van der Waals surface area (Å²) < 4.78 is 0. The first-order valence-corrected chi connectivity index (χ1v) is 12.5. The Balaban J connectivity index is 1.77. The van der Waals surface area contributed by atoms with Gasteiger partial charge in [0.1, 0.15) is 7.61 Å². The summed E-state index contributed by atoms with van der Waals surface area (Å²) >= 11 is 0. The molecule has 0 atom stereocenters. The van der Waals surface area contributed by atoms with E-state index in [2.05, 4.69) is 60.7 Å². The van der Waals surface area contributed by atoms with E-state index in [-0.39, 0.29) is 15.2 Å². The molecule has 0 saturated carbocycles. The predicted molar refractivity (Wildman–Crippen MR) is 103 cm³/mol. The topological polar surface area (TPSA) is 0 Å². The summed E-state index contributed by atoms with van der Waals surface area (Å²) in [6.07, 6.45) is 9.06. The maximum absolute atomic E-state index is 2.40. The highest BCUT2D eigenvalue weighted by Crippen LogP contribution is 2.78. The number of rotatable bonds is 3. The van der Waals surface area contributed by atoms with Gasteiger partial charge in [-0.3, -0.25) is 0 Å². The first-order chi connectivity index (χ1) is 10.9. The number of hydrogen-bond donors (Lipinski definition) is 0. The third-order valence-corrected chi connectivity index (χ3v) is 15.6. The molecule has 2 saturated heterocycles. The van der Waals surface area contributed by atoms with Gasteiger partial charge in [0.25, 0.3) is 0 Å². The highest BCUT2D eigenvalue weighted by molar-refractivity contribution is 8.36. The minimum absolute atomic E-state index is 0.100. The van der Waals surface area contributed by atoms with E-state index in [0.717, 1.165) is 11.3 Å². The molecular formula is C20H25P2+. The zero-order valence-electron chi connectivity index (χ0n) is 13.1. The molecule has 2 bridgehead atoms. The fraction of sp³-hybridized carbons (Fsp3) is 0.400. The van der Waals surface area contributed by atoms with Crippen molar-refractivity contribution in [3.05, 3.63) is 60.7 Å². The second-order valence-corrected chi connectivity index (χ2v) is 13.8. The maximum atomic E-state index is 2.40. The maximum Gasteiger partial charge on any atom is 0.116 e. The molecular weight excluding hydrogens is 302 g/mol. The summed E-state index contributed by atoms with van der Waals surface area (Å²) in [6, 6.07) is 22.9. The van der Waals surface area contributed by atoms with E-state index in [1.165, 1.54) is 38.5 Å². The average molecular weight is 327 g/mol. The molecule has 0 amide bonds. The van der Waals surface area contributed by atoms with E-state index < -0.39 is 0 Å². The summed E-state index contributed by atoms with van der Waals surface area (Å²) in [5, 5.41) is 3.27. The van der Waals surface area contributed by atoms with Crippen LogP contribution in [-0.2, 0) is 0 Å². The van der Waals surface area contributed by atoms with Crippen molar-refractivity contribution in [3.8, 4) is 0 Å². The largest absolute Gasteiger partial charge is 0.116 e. The Hall–Kier alpha value is -0.700. The summed E-state index contributed by atoms with van der Waals surface area (Å²) in [6.45, 7) is 0. The van der Waals surface area contributed by atoms with Gasteiger partial charge in [-0.25, -0.2) is 0 Å². The lowest BCUT2D eigenvalue weighted by molar-refractivity contribution is 0.481. The Bertz CT molecular complexity index is 534. The van der Waals surface area contributed by atoms with Crippen molar-refractivity contribution in [2.45, 2.75) is 49.8 Å². The molecule has 2 fully saturated rings. The fourth-order valence-electron chi connectivity index (χ4n) is 4.40. The highest BCUT2D eigenvalue weighted by Gasteiger charge is 2.48. The van der Waals surface area contributed by atoms with E-state index >= 15 is 0 Å². The summed E-state index contributed by atoms with van der Waals surface area (Å²) in [5.74, 6) is 0. The molecule has 2 heteroatoms. The fourth-order valence-corrected chi connectivity index (χ4v) is 16.1. The van der Waals surface area contributed by atoms with Crippen LogP contribution in [0.15, 0.2) is 60.7 Å². The first-order valence-electron chi connectivity index (χ1n) is 8.70. The van der Waals surface area contributed by atoms with Crippen LogP contribution in [0.4, 0.5) is 0 Å². The van der Waals surface area contributed by atoms with Crippen LogP contribution in [0, 0.1) is 0 Å². The van der Waals surface area contributed by atoms with E-state index in [0.29, 0.717) is 0 Å². The lowest BCUT2D eigenvalue weighted by Crippen LogP contribution is -2.28. The molecule has 0 aromatic heterocycles. The average Bonchev–Trinajstić information content (AvgIpc) is 2.57. The van der Waals surface area contributed by atoms with E-state index in [4.69, 9.17) is 0 Å². The quantitative estimate of drug-likeness (QED) is 0.666. The number of hydrogen-bond acceptors (Lipinski definition) is 0. The van der Waals surface area contributed by atoms with Crippen LogP contribution in [-0.4, -0.2) is 11.3 Å². The Morgan fingerprint density at radius 1 is 0.636 bits per heavy atom. The van der Waals surface area contributed by atoms with Gasteiger partial charge in [0, 0.05) is 18.2 Å². The monoisotopic (exact) mass is 327 g/mol. The third-order valence-electron chi connectivity index (χ3n) is 5.33. The van der Waals surface area contributed by atoms with Gasteiger partial charge in [-0.05, 0) is 38.5 Å². The van der Waals surface area contributed by atoms with Crippen LogP contribution in [0.25, 0.3) is 0 Å². The Labute approximate surface area is 136 Å². The second kappa shape index (κ2) is 6.82.